The first-order valence-electron chi connectivity index (χ1n) is 8.39. The molecular weight excluding hydrogens is 360 g/mol. The summed E-state index contributed by atoms with van der Waals surface area (Å²) < 4.78 is 0.102. The van der Waals surface area contributed by atoms with Gasteiger partial charge >= 0.3 is 0 Å². The summed E-state index contributed by atoms with van der Waals surface area (Å²) in [6.45, 7) is 2.37. The van der Waals surface area contributed by atoms with Crippen molar-refractivity contribution in [1.29, 1.82) is 0 Å². The van der Waals surface area contributed by atoms with Crippen LogP contribution in [0.15, 0.2) is 106 Å². The van der Waals surface area contributed by atoms with Gasteiger partial charge < -0.3 is 0 Å². The third-order valence-electron chi connectivity index (χ3n) is 3.72. The van der Waals surface area contributed by atoms with Crippen molar-refractivity contribution >= 4 is 35.3 Å². The van der Waals surface area contributed by atoms with Gasteiger partial charge in [-0.3, -0.25) is 0 Å². The van der Waals surface area contributed by atoms with Crippen molar-refractivity contribution in [2.24, 2.45) is 0 Å². The highest BCUT2D eigenvalue weighted by atomic mass is 32.2. The molecule has 25 heavy (non-hydrogen) atoms. The van der Waals surface area contributed by atoms with Crippen molar-refractivity contribution in [1.82, 2.24) is 0 Å². The van der Waals surface area contributed by atoms with Gasteiger partial charge in [-0.05, 0) is 49.7 Å². The van der Waals surface area contributed by atoms with Gasteiger partial charge in [0, 0.05) is 20.4 Å². The van der Waals surface area contributed by atoms with E-state index in [1.54, 1.807) is 0 Å². The van der Waals surface area contributed by atoms with Gasteiger partial charge in [0.1, 0.15) is 0 Å². The lowest BCUT2D eigenvalue weighted by molar-refractivity contribution is 0.854. The van der Waals surface area contributed by atoms with E-state index in [4.69, 9.17) is 0 Å². The van der Waals surface area contributed by atoms with Crippen molar-refractivity contribution < 1.29 is 0 Å². The minimum atomic E-state index is 0.102. The smallest absolute Gasteiger partial charge is 0.0685 e. The molecule has 3 heteroatoms. The summed E-state index contributed by atoms with van der Waals surface area (Å²) in [6.07, 6.45) is 1.13. The average Bonchev–Trinajstić information content (AvgIpc) is 2.64. The average molecular weight is 383 g/mol. The molecule has 0 aliphatic carbocycles. The standard InChI is InChI=1S/C22H22S3/c1-22(24-20-13-7-3-8-14-20,25-21-15-9-4-10-16-21)17-18-23-19-11-5-2-6-12-19/h2-16H,17-18H2,1H3. The molecule has 0 nitrogen and oxygen atoms in total. The quantitative estimate of drug-likeness (QED) is 0.293. The van der Waals surface area contributed by atoms with E-state index in [9.17, 15) is 0 Å². The topological polar surface area (TPSA) is 0 Å². The van der Waals surface area contributed by atoms with Crippen LogP contribution in [0.1, 0.15) is 13.3 Å². The Labute approximate surface area is 163 Å². The van der Waals surface area contributed by atoms with Crippen LogP contribution in [0.5, 0.6) is 0 Å². The predicted octanol–water partition coefficient (Wildman–Crippen LogP) is 7.47. The molecule has 0 aliphatic heterocycles. The van der Waals surface area contributed by atoms with Crippen LogP contribution in [0.2, 0.25) is 0 Å². The second-order valence-electron chi connectivity index (χ2n) is 5.88. The maximum Gasteiger partial charge on any atom is 0.0685 e. The summed E-state index contributed by atoms with van der Waals surface area (Å²) >= 11 is 5.88. The zero-order chi connectivity index (χ0) is 17.4. The fourth-order valence-corrected chi connectivity index (χ4v) is 6.56. The lowest BCUT2D eigenvalue weighted by Gasteiger charge is -2.28. The third kappa shape index (κ3) is 6.18. The molecule has 0 atom stereocenters. The lowest BCUT2D eigenvalue weighted by atomic mass is 10.3. The van der Waals surface area contributed by atoms with Crippen LogP contribution in [-0.2, 0) is 0 Å². The number of hydrogen-bond donors (Lipinski definition) is 0. The molecule has 0 unspecified atom stereocenters. The Bertz CT molecular complexity index is 701. The molecule has 3 aromatic rings. The summed E-state index contributed by atoms with van der Waals surface area (Å²) in [6, 6.07) is 32.1. The molecule has 3 aromatic carbocycles. The monoisotopic (exact) mass is 382 g/mol. The molecule has 0 saturated carbocycles. The van der Waals surface area contributed by atoms with E-state index in [0.717, 1.165) is 12.2 Å². The number of benzene rings is 3. The van der Waals surface area contributed by atoms with Gasteiger partial charge in [-0.25, -0.2) is 0 Å². The summed E-state index contributed by atoms with van der Waals surface area (Å²) in [5.74, 6) is 1.11. The third-order valence-corrected chi connectivity index (χ3v) is 7.52. The lowest BCUT2D eigenvalue weighted by Crippen LogP contribution is -2.16. The van der Waals surface area contributed by atoms with Crippen molar-refractivity contribution in [3.63, 3.8) is 0 Å². The fraction of sp³-hybridized carbons (Fsp3) is 0.182. The van der Waals surface area contributed by atoms with E-state index in [-0.39, 0.29) is 4.08 Å². The van der Waals surface area contributed by atoms with Gasteiger partial charge in [-0.2, -0.15) is 0 Å². The van der Waals surface area contributed by atoms with Crippen LogP contribution in [0.3, 0.4) is 0 Å². The Kier molecular flexibility index (Phi) is 6.97. The minimum Gasteiger partial charge on any atom is -0.126 e. The molecule has 0 aliphatic rings. The van der Waals surface area contributed by atoms with E-state index in [2.05, 4.69) is 97.9 Å². The Morgan fingerprint density at radius 2 is 1.00 bits per heavy atom. The maximum absolute atomic E-state index is 2.37. The first kappa shape index (κ1) is 18.5. The fourth-order valence-electron chi connectivity index (χ4n) is 2.47. The van der Waals surface area contributed by atoms with Gasteiger partial charge in [0.05, 0.1) is 4.08 Å². The van der Waals surface area contributed by atoms with Crippen LogP contribution in [0.25, 0.3) is 0 Å². The molecule has 0 radical (unpaired) electrons. The van der Waals surface area contributed by atoms with Gasteiger partial charge in [-0.15, -0.1) is 35.3 Å². The van der Waals surface area contributed by atoms with E-state index < -0.39 is 0 Å². The molecule has 0 spiro atoms. The molecule has 0 N–H and O–H groups in total. The molecule has 0 fully saturated rings. The maximum atomic E-state index is 2.37. The summed E-state index contributed by atoms with van der Waals surface area (Å²) in [5.41, 5.74) is 0. The zero-order valence-corrected chi connectivity index (χ0v) is 16.7. The van der Waals surface area contributed by atoms with Crippen molar-refractivity contribution in [3.8, 4) is 0 Å². The largest absolute Gasteiger partial charge is 0.126 e. The Balaban J connectivity index is 1.69. The van der Waals surface area contributed by atoms with Crippen molar-refractivity contribution in [2.45, 2.75) is 32.1 Å². The highest BCUT2D eigenvalue weighted by Crippen LogP contribution is 2.48. The highest BCUT2D eigenvalue weighted by Gasteiger charge is 2.27. The van der Waals surface area contributed by atoms with Crippen molar-refractivity contribution in [3.05, 3.63) is 91.0 Å². The summed E-state index contributed by atoms with van der Waals surface area (Å²) in [7, 11) is 0. The number of thioether (sulfide) groups is 3. The Morgan fingerprint density at radius 1 is 0.600 bits per heavy atom. The molecule has 0 bridgehead atoms. The molecular formula is C22H22S3. The van der Waals surface area contributed by atoms with Crippen LogP contribution < -0.4 is 0 Å². The highest BCUT2D eigenvalue weighted by molar-refractivity contribution is 8.18. The van der Waals surface area contributed by atoms with E-state index in [0.29, 0.717) is 0 Å². The second kappa shape index (κ2) is 9.42. The predicted molar refractivity (Wildman–Crippen MR) is 115 cm³/mol. The Morgan fingerprint density at radius 3 is 1.44 bits per heavy atom. The Hall–Kier alpha value is -1.29. The normalized spacial score (nSPS) is 11.4. The first-order chi connectivity index (χ1) is 12.2. The van der Waals surface area contributed by atoms with E-state index >= 15 is 0 Å². The van der Waals surface area contributed by atoms with E-state index in [1.807, 2.05) is 35.3 Å². The van der Waals surface area contributed by atoms with Crippen LogP contribution in [-0.4, -0.2) is 9.83 Å². The molecule has 0 aromatic heterocycles. The number of rotatable bonds is 8. The molecule has 0 heterocycles. The molecule has 3 rings (SSSR count). The van der Waals surface area contributed by atoms with Crippen LogP contribution >= 0.6 is 35.3 Å². The molecule has 128 valence electrons. The van der Waals surface area contributed by atoms with Crippen LogP contribution in [0.4, 0.5) is 0 Å². The van der Waals surface area contributed by atoms with Gasteiger partial charge in [0.25, 0.3) is 0 Å². The first-order valence-corrected chi connectivity index (χ1v) is 11.0. The molecule has 0 saturated heterocycles. The van der Waals surface area contributed by atoms with E-state index in [1.165, 1.54) is 14.7 Å². The zero-order valence-electron chi connectivity index (χ0n) is 14.3. The number of hydrogen-bond acceptors (Lipinski definition) is 3. The minimum absolute atomic E-state index is 0.102. The second-order valence-corrected chi connectivity index (χ2v) is 10.5. The molecule has 0 amide bonds. The summed E-state index contributed by atoms with van der Waals surface area (Å²) in [4.78, 5) is 4.01. The van der Waals surface area contributed by atoms with Gasteiger partial charge in [0.15, 0.2) is 0 Å². The summed E-state index contributed by atoms with van der Waals surface area (Å²) in [5, 5.41) is 0. The van der Waals surface area contributed by atoms with Crippen molar-refractivity contribution in [2.75, 3.05) is 5.75 Å². The van der Waals surface area contributed by atoms with Gasteiger partial charge in [-0.1, -0.05) is 54.6 Å². The SMILES string of the molecule is CC(CCSc1ccccc1)(Sc1ccccc1)Sc1ccccc1. The van der Waals surface area contributed by atoms with Gasteiger partial charge in [0.2, 0.25) is 0 Å². The van der Waals surface area contributed by atoms with Crippen LogP contribution in [0, 0.1) is 0 Å².